The summed E-state index contributed by atoms with van der Waals surface area (Å²) in [7, 11) is 0. The van der Waals surface area contributed by atoms with E-state index in [-0.39, 0.29) is 6.04 Å². The molecular weight excluding hydrogens is 382 g/mol. The fraction of sp³-hybridized carbons (Fsp3) is 0.148. The SMILES string of the molecule is c1ccc(COc2ccc3[nH]c4c(c3c2)CCNC4c2ccnc3ccccc23)cc1. The molecule has 3 aromatic carbocycles. The van der Waals surface area contributed by atoms with Crippen molar-refractivity contribution < 1.29 is 4.74 Å². The molecule has 0 amide bonds. The Morgan fingerprint density at radius 1 is 0.903 bits per heavy atom. The molecular formula is C27H23N3O. The van der Waals surface area contributed by atoms with Crippen molar-refractivity contribution in [2.75, 3.05) is 6.54 Å². The molecule has 0 bridgehead atoms. The van der Waals surface area contributed by atoms with E-state index in [0.29, 0.717) is 6.61 Å². The molecule has 0 saturated carbocycles. The van der Waals surface area contributed by atoms with Crippen molar-refractivity contribution in [3.63, 3.8) is 0 Å². The van der Waals surface area contributed by atoms with Crippen LogP contribution < -0.4 is 10.1 Å². The Morgan fingerprint density at radius 2 is 1.77 bits per heavy atom. The van der Waals surface area contributed by atoms with Gasteiger partial charge in [0.1, 0.15) is 12.4 Å². The Balaban J connectivity index is 1.38. The van der Waals surface area contributed by atoms with Gasteiger partial charge in [0.05, 0.1) is 11.6 Å². The predicted molar refractivity (Wildman–Crippen MR) is 124 cm³/mol. The lowest BCUT2D eigenvalue weighted by Crippen LogP contribution is -2.30. The molecule has 0 saturated heterocycles. The summed E-state index contributed by atoms with van der Waals surface area (Å²) in [6.07, 6.45) is 2.91. The Morgan fingerprint density at radius 3 is 2.71 bits per heavy atom. The van der Waals surface area contributed by atoms with E-state index in [0.717, 1.165) is 29.7 Å². The average molecular weight is 406 g/mol. The van der Waals surface area contributed by atoms with Crippen molar-refractivity contribution >= 4 is 21.8 Å². The summed E-state index contributed by atoms with van der Waals surface area (Å²) in [5, 5.41) is 6.17. The topological polar surface area (TPSA) is 49.9 Å². The molecule has 2 aromatic heterocycles. The summed E-state index contributed by atoms with van der Waals surface area (Å²) in [5.41, 5.74) is 7.25. The van der Waals surface area contributed by atoms with Gasteiger partial charge in [-0.3, -0.25) is 4.98 Å². The van der Waals surface area contributed by atoms with Gasteiger partial charge in [0.15, 0.2) is 0 Å². The number of ether oxygens (including phenoxy) is 1. The van der Waals surface area contributed by atoms with E-state index < -0.39 is 0 Å². The Labute approximate surface area is 180 Å². The number of rotatable bonds is 4. The highest BCUT2D eigenvalue weighted by molar-refractivity contribution is 5.88. The number of fused-ring (bicyclic) bond motifs is 4. The Bertz CT molecular complexity index is 1370. The van der Waals surface area contributed by atoms with Crippen LogP contribution >= 0.6 is 0 Å². The summed E-state index contributed by atoms with van der Waals surface area (Å²) >= 11 is 0. The molecule has 1 unspecified atom stereocenters. The minimum absolute atomic E-state index is 0.123. The van der Waals surface area contributed by atoms with Crippen molar-refractivity contribution in [2.24, 2.45) is 0 Å². The zero-order valence-corrected chi connectivity index (χ0v) is 17.1. The molecule has 1 aliphatic heterocycles. The second-order valence-corrected chi connectivity index (χ2v) is 8.05. The monoisotopic (exact) mass is 405 g/mol. The maximum Gasteiger partial charge on any atom is 0.120 e. The van der Waals surface area contributed by atoms with Crippen LogP contribution in [0.5, 0.6) is 5.75 Å². The number of pyridine rings is 1. The van der Waals surface area contributed by atoms with Gasteiger partial charge in [-0.2, -0.15) is 0 Å². The second kappa shape index (κ2) is 7.56. The molecule has 0 radical (unpaired) electrons. The van der Waals surface area contributed by atoms with Crippen molar-refractivity contribution in [3.8, 4) is 5.75 Å². The zero-order chi connectivity index (χ0) is 20.6. The fourth-order valence-electron chi connectivity index (χ4n) is 4.67. The van der Waals surface area contributed by atoms with Gasteiger partial charge in [-0.15, -0.1) is 0 Å². The van der Waals surface area contributed by atoms with Crippen molar-refractivity contribution in [1.82, 2.24) is 15.3 Å². The van der Waals surface area contributed by atoms with Gasteiger partial charge in [0.25, 0.3) is 0 Å². The molecule has 6 rings (SSSR count). The molecule has 1 atom stereocenters. The summed E-state index contributed by atoms with van der Waals surface area (Å²) in [6.45, 7) is 1.52. The van der Waals surface area contributed by atoms with Crippen LogP contribution in [0, 0.1) is 0 Å². The van der Waals surface area contributed by atoms with Crippen LogP contribution in [0.2, 0.25) is 0 Å². The maximum atomic E-state index is 6.09. The fourth-order valence-corrected chi connectivity index (χ4v) is 4.67. The molecule has 2 N–H and O–H groups in total. The third kappa shape index (κ3) is 3.25. The van der Waals surface area contributed by atoms with E-state index in [1.807, 2.05) is 30.5 Å². The molecule has 3 heterocycles. The van der Waals surface area contributed by atoms with Gasteiger partial charge in [0.2, 0.25) is 0 Å². The van der Waals surface area contributed by atoms with Gasteiger partial charge in [-0.05, 0) is 53.4 Å². The van der Waals surface area contributed by atoms with Crippen LogP contribution in [0.25, 0.3) is 21.8 Å². The highest BCUT2D eigenvalue weighted by Gasteiger charge is 2.26. The van der Waals surface area contributed by atoms with Crippen molar-refractivity contribution in [3.05, 3.63) is 107 Å². The lowest BCUT2D eigenvalue weighted by Gasteiger charge is -2.25. The van der Waals surface area contributed by atoms with Crippen LogP contribution in [0.3, 0.4) is 0 Å². The molecule has 31 heavy (non-hydrogen) atoms. The number of para-hydroxylation sites is 1. The largest absolute Gasteiger partial charge is 0.489 e. The second-order valence-electron chi connectivity index (χ2n) is 8.05. The van der Waals surface area contributed by atoms with Crippen LogP contribution in [0.15, 0.2) is 85.1 Å². The summed E-state index contributed by atoms with van der Waals surface area (Å²) in [4.78, 5) is 8.23. The Hall–Kier alpha value is -3.63. The van der Waals surface area contributed by atoms with Crippen LogP contribution in [0.4, 0.5) is 0 Å². The first-order chi connectivity index (χ1) is 15.4. The molecule has 4 nitrogen and oxygen atoms in total. The highest BCUT2D eigenvalue weighted by Crippen LogP contribution is 2.37. The number of benzene rings is 3. The van der Waals surface area contributed by atoms with E-state index in [2.05, 4.69) is 69.9 Å². The van der Waals surface area contributed by atoms with E-state index in [9.17, 15) is 0 Å². The minimum atomic E-state index is 0.123. The lowest BCUT2D eigenvalue weighted by atomic mass is 9.92. The normalized spacial score (nSPS) is 15.8. The standard InChI is InChI=1S/C27H23N3O/c1-2-6-18(7-3-1)17-31-19-10-11-25-23(16-19)22-13-15-29-26(27(22)30-25)21-12-14-28-24-9-5-4-8-20(21)24/h1-12,14,16,26,29-30H,13,15,17H2. The average Bonchev–Trinajstić information content (AvgIpc) is 3.21. The van der Waals surface area contributed by atoms with Crippen molar-refractivity contribution in [2.45, 2.75) is 19.1 Å². The first kappa shape index (κ1) is 18.2. The number of hydrogen-bond donors (Lipinski definition) is 2. The zero-order valence-electron chi connectivity index (χ0n) is 17.1. The predicted octanol–water partition coefficient (Wildman–Crippen LogP) is 5.53. The molecule has 4 heteroatoms. The molecule has 5 aromatic rings. The third-order valence-corrected chi connectivity index (χ3v) is 6.16. The maximum absolute atomic E-state index is 6.09. The minimum Gasteiger partial charge on any atom is -0.489 e. The molecule has 152 valence electrons. The quantitative estimate of drug-likeness (QED) is 0.413. The van der Waals surface area contributed by atoms with Crippen molar-refractivity contribution in [1.29, 1.82) is 0 Å². The third-order valence-electron chi connectivity index (χ3n) is 6.16. The number of aromatic nitrogens is 2. The number of nitrogens with zero attached hydrogens (tertiary/aromatic N) is 1. The first-order valence-electron chi connectivity index (χ1n) is 10.7. The Kier molecular flexibility index (Phi) is 4.43. The molecule has 0 spiro atoms. The van der Waals surface area contributed by atoms with E-state index >= 15 is 0 Å². The van der Waals surface area contributed by atoms with Crippen LogP contribution in [0.1, 0.15) is 28.4 Å². The van der Waals surface area contributed by atoms with Gasteiger partial charge in [-0.25, -0.2) is 0 Å². The summed E-state index contributed by atoms with van der Waals surface area (Å²) in [6, 6.07) is 27.3. The number of nitrogens with one attached hydrogen (secondary N) is 2. The number of aromatic amines is 1. The van der Waals surface area contributed by atoms with Gasteiger partial charge < -0.3 is 15.0 Å². The van der Waals surface area contributed by atoms with E-state index in [4.69, 9.17) is 4.74 Å². The molecule has 0 fully saturated rings. The van der Waals surface area contributed by atoms with Crippen LogP contribution in [-0.2, 0) is 13.0 Å². The number of hydrogen-bond acceptors (Lipinski definition) is 3. The summed E-state index contributed by atoms with van der Waals surface area (Å²) in [5.74, 6) is 0.905. The highest BCUT2D eigenvalue weighted by atomic mass is 16.5. The smallest absolute Gasteiger partial charge is 0.120 e. The number of H-pyrrole nitrogens is 1. The first-order valence-corrected chi connectivity index (χ1v) is 10.7. The summed E-state index contributed by atoms with van der Waals surface area (Å²) < 4.78 is 6.09. The van der Waals surface area contributed by atoms with E-state index in [1.54, 1.807) is 0 Å². The van der Waals surface area contributed by atoms with Gasteiger partial charge in [0, 0.05) is 34.7 Å². The van der Waals surface area contributed by atoms with Gasteiger partial charge >= 0.3 is 0 Å². The molecule has 0 aliphatic carbocycles. The van der Waals surface area contributed by atoms with Crippen LogP contribution in [-0.4, -0.2) is 16.5 Å². The molecule has 1 aliphatic rings. The lowest BCUT2D eigenvalue weighted by molar-refractivity contribution is 0.306. The van der Waals surface area contributed by atoms with E-state index in [1.165, 1.54) is 33.2 Å². The van der Waals surface area contributed by atoms with Gasteiger partial charge in [-0.1, -0.05) is 48.5 Å².